The fourth-order valence-corrected chi connectivity index (χ4v) is 4.01. The van der Waals surface area contributed by atoms with Crippen LogP contribution in [0.4, 0.5) is 11.4 Å². The molecule has 114 valence electrons. The van der Waals surface area contributed by atoms with Crippen molar-refractivity contribution in [3.05, 3.63) is 23.8 Å². The van der Waals surface area contributed by atoms with Crippen LogP contribution in [-0.4, -0.2) is 12.5 Å². The standard InChI is InChI=1S/C18H26N2O/c1-13-5-2-6-14(11-13)12-18(21)20-10-4-7-15-16(19)8-3-9-17(15)20/h3,8-9,13-14H,2,4-7,10-12,19H2,1H3. The van der Waals surface area contributed by atoms with Gasteiger partial charge in [0.1, 0.15) is 0 Å². The molecule has 2 aliphatic rings. The summed E-state index contributed by atoms with van der Waals surface area (Å²) in [5.41, 5.74) is 9.11. The lowest BCUT2D eigenvalue weighted by Gasteiger charge is -2.33. The second kappa shape index (κ2) is 6.08. The first-order valence-corrected chi connectivity index (χ1v) is 8.33. The van der Waals surface area contributed by atoms with Gasteiger partial charge in [-0.15, -0.1) is 0 Å². The number of amides is 1. The van der Waals surface area contributed by atoms with Crippen molar-refractivity contribution in [3.63, 3.8) is 0 Å². The van der Waals surface area contributed by atoms with E-state index >= 15 is 0 Å². The minimum atomic E-state index is 0.292. The smallest absolute Gasteiger partial charge is 0.227 e. The van der Waals surface area contributed by atoms with Gasteiger partial charge in [0.25, 0.3) is 0 Å². The van der Waals surface area contributed by atoms with Gasteiger partial charge in [-0.2, -0.15) is 0 Å². The van der Waals surface area contributed by atoms with Crippen LogP contribution in [0.5, 0.6) is 0 Å². The Labute approximate surface area is 127 Å². The molecule has 0 aromatic heterocycles. The maximum absolute atomic E-state index is 12.7. The highest BCUT2D eigenvalue weighted by molar-refractivity contribution is 5.95. The molecule has 1 aliphatic heterocycles. The first kappa shape index (κ1) is 14.4. The summed E-state index contributed by atoms with van der Waals surface area (Å²) in [5, 5.41) is 0. The lowest BCUT2D eigenvalue weighted by molar-refractivity contribution is -0.119. The molecule has 0 radical (unpaired) electrons. The average molecular weight is 286 g/mol. The Hall–Kier alpha value is -1.51. The van der Waals surface area contributed by atoms with Crippen molar-refractivity contribution in [1.82, 2.24) is 0 Å². The van der Waals surface area contributed by atoms with Crippen molar-refractivity contribution >= 4 is 17.3 Å². The van der Waals surface area contributed by atoms with Crippen LogP contribution in [0.1, 0.15) is 51.0 Å². The van der Waals surface area contributed by atoms with Crippen molar-refractivity contribution in [2.24, 2.45) is 11.8 Å². The van der Waals surface area contributed by atoms with Crippen LogP contribution in [0.15, 0.2) is 18.2 Å². The van der Waals surface area contributed by atoms with Gasteiger partial charge in [-0.1, -0.05) is 25.8 Å². The summed E-state index contributed by atoms with van der Waals surface area (Å²) in [6.07, 6.45) is 7.76. The number of hydrogen-bond donors (Lipinski definition) is 1. The summed E-state index contributed by atoms with van der Waals surface area (Å²) in [4.78, 5) is 14.7. The van der Waals surface area contributed by atoms with Crippen molar-refractivity contribution < 1.29 is 4.79 Å². The molecular weight excluding hydrogens is 260 g/mol. The molecule has 2 unspecified atom stereocenters. The van der Waals surface area contributed by atoms with Crippen LogP contribution in [0.2, 0.25) is 0 Å². The van der Waals surface area contributed by atoms with E-state index in [0.717, 1.165) is 42.2 Å². The summed E-state index contributed by atoms with van der Waals surface area (Å²) in [5.74, 6) is 1.65. The minimum absolute atomic E-state index is 0.292. The van der Waals surface area contributed by atoms with E-state index in [1.54, 1.807) is 0 Å². The summed E-state index contributed by atoms with van der Waals surface area (Å²) in [6, 6.07) is 5.95. The number of hydrogen-bond acceptors (Lipinski definition) is 2. The number of nitrogen functional groups attached to an aromatic ring is 1. The Morgan fingerprint density at radius 1 is 1.33 bits per heavy atom. The van der Waals surface area contributed by atoms with Crippen LogP contribution >= 0.6 is 0 Å². The summed E-state index contributed by atoms with van der Waals surface area (Å²) < 4.78 is 0. The molecule has 3 nitrogen and oxygen atoms in total. The van der Waals surface area contributed by atoms with Crippen LogP contribution in [0.3, 0.4) is 0 Å². The van der Waals surface area contributed by atoms with E-state index < -0.39 is 0 Å². The predicted octanol–water partition coefficient (Wildman–Crippen LogP) is 3.76. The number of anilines is 2. The molecule has 2 N–H and O–H groups in total. The van der Waals surface area contributed by atoms with Crippen LogP contribution in [-0.2, 0) is 11.2 Å². The molecule has 3 heteroatoms. The van der Waals surface area contributed by atoms with Crippen LogP contribution in [0, 0.1) is 11.8 Å². The Bertz CT molecular complexity index is 526. The van der Waals surface area contributed by atoms with E-state index in [2.05, 4.69) is 6.92 Å². The van der Waals surface area contributed by atoms with Crippen LogP contribution in [0.25, 0.3) is 0 Å². The minimum Gasteiger partial charge on any atom is -0.398 e. The monoisotopic (exact) mass is 286 g/mol. The van der Waals surface area contributed by atoms with E-state index in [1.807, 2.05) is 23.1 Å². The van der Waals surface area contributed by atoms with Gasteiger partial charge in [-0.25, -0.2) is 0 Å². The molecule has 1 heterocycles. The average Bonchev–Trinajstić information content (AvgIpc) is 2.47. The van der Waals surface area contributed by atoms with Crippen molar-refractivity contribution in [2.45, 2.75) is 51.9 Å². The highest BCUT2D eigenvalue weighted by Crippen LogP contribution is 2.34. The zero-order chi connectivity index (χ0) is 14.8. The summed E-state index contributed by atoms with van der Waals surface area (Å²) in [6.45, 7) is 3.16. The fourth-order valence-electron chi connectivity index (χ4n) is 4.01. The maximum atomic E-state index is 12.7. The number of nitrogens with two attached hydrogens (primary N) is 1. The molecule has 1 aromatic rings. The zero-order valence-electron chi connectivity index (χ0n) is 13.0. The van der Waals surface area contributed by atoms with E-state index in [-0.39, 0.29) is 0 Å². The van der Waals surface area contributed by atoms with E-state index in [1.165, 1.54) is 25.7 Å². The molecule has 1 fully saturated rings. The number of carbonyl (C=O) groups is 1. The van der Waals surface area contributed by atoms with Crippen molar-refractivity contribution in [3.8, 4) is 0 Å². The molecule has 1 saturated carbocycles. The Kier molecular flexibility index (Phi) is 4.18. The highest BCUT2D eigenvalue weighted by atomic mass is 16.2. The molecular formula is C18H26N2O. The molecule has 0 saturated heterocycles. The van der Waals surface area contributed by atoms with Gasteiger partial charge in [-0.3, -0.25) is 4.79 Å². The van der Waals surface area contributed by atoms with Gasteiger partial charge >= 0.3 is 0 Å². The van der Waals surface area contributed by atoms with Crippen molar-refractivity contribution in [2.75, 3.05) is 17.2 Å². The third kappa shape index (κ3) is 3.07. The second-order valence-electron chi connectivity index (χ2n) is 6.84. The maximum Gasteiger partial charge on any atom is 0.227 e. The van der Waals surface area contributed by atoms with Gasteiger partial charge in [0.15, 0.2) is 0 Å². The Morgan fingerprint density at radius 2 is 2.19 bits per heavy atom. The quantitative estimate of drug-likeness (QED) is 0.841. The first-order chi connectivity index (χ1) is 10.1. The fraction of sp³-hybridized carbons (Fsp3) is 0.611. The van der Waals surface area contributed by atoms with Crippen molar-refractivity contribution in [1.29, 1.82) is 0 Å². The van der Waals surface area contributed by atoms with Gasteiger partial charge in [0.2, 0.25) is 5.91 Å². The third-order valence-electron chi connectivity index (χ3n) is 5.10. The van der Waals surface area contributed by atoms with E-state index in [0.29, 0.717) is 18.2 Å². The number of nitrogens with zero attached hydrogens (tertiary/aromatic N) is 1. The zero-order valence-corrected chi connectivity index (χ0v) is 13.0. The van der Waals surface area contributed by atoms with E-state index in [9.17, 15) is 4.79 Å². The molecule has 21 heavy (non-hydrogen) atoms. The SMILES string of the molecule is CC1CCCC(CC(=O)N2CCCc3c(N)cccc32)C1. The number of fused-ring (bicyclic) bond motifs is 1. The Balaban J connectivity index is 1.73. The molecule has 1 aromatic carbocycles. The van der Waals surface area contributed by atoms with Gasteiger partial charge in [0.05, 0.1) is 0 Å². The van der Waals surface area contributed by atoms with Gasteiger partial charge in [-0.05, 0) is 55.2 Å². The lowest BCUT2D eigenvalue weighted by Crippen LogP contribution is -2.37. The second-order valence-corrected chi connectivity index (χ2v) is 6.84. The van der Waals surface area contributed by atoms with E-state index in [4.69, 9.17) is 5.73 Å². The normalized spacial score (nSPS) is 25.5. The molecule has 2 atom stereocenters. The number of rotatable bonds is 2. The lowest BCUT2D eigenvalue weighted by atomic mass is 9.80. The molecule has 3 rings (SSSR count). The summed E-state index contributed by atoms with van der Waals surface area (Å²) in [7, 11) is 0. The number of benzene rings is 1. The highest BCUT2D eigenvalue weighted by Gasteiger charge is 2.27. The third-order valence-corrected chi connectivity index (χ3v) is 5.10. The first-order valence-electron chi connectivity index (χ1n) is 8.33. The topological polar surface area (TPSA) is 46.3 Å². The molecule has 0 spiro atoms. The molecule has 1 aliphatic carbocycles. The largest absolute Gasteiger partial charge is 0.398 e. The summed E-state index contributed by atoms with van der Waals surface area (Å²) >= 11 is 0. The van der Waals surface area contributed by atoms with Gasteiger partial charge < -0.3 is 10.6 Å². The predicted molar refractivity (Wildman–Crippen MR) is 87.3 cm³/mol. The molecule has 1 amide bonds. The van der Waals surface area contributed by atoms with Crippen LogP contribution < -0.4 is 10.6 Å². The number of carbonyl (C=O) groups excluding carboxylic acids is 1. The van der Waals surface area contributed by atoms with Gasteiger partial charge in [0, 0.05) is 24.3 Å². The molecule has 0 bridgehead atoms. The Morgan fingerprint density at radius 3 is 3.00 bits per heavy atom.